The lowest BCUT2D eigenvalue weighted by Crippen LogP contribution is -2.37. The van der Waals surface area contributed by atoms with Gasteiger partial charge in [0.25, 0.3) is 5.91 Å². The summed E-state index contributed by atoms with van der Waals surface area (Å²) in [6, 6.07) is 21.1. The molecule has 1 unspecified atom stereocenters. The van der Waals surface area contributed by atoms with Gasteiger partial charge in [-0.1, -0.05) is 47.5 Å². The van der Waals surface area contributed by atoms with Crippen molar-refractivity contribution in [3.05, 3.63) is 94.5 Å². The van der Waals surface area contributed by atoms with E-state index in [1.165, 1.54) is 5.56 Å². The van der Waals surface area contributed by atoms with E-state index in [2.05, 4.69) is 10.6 Å². The normalized spacial score (nSPS) is 14.8. The monoisotopic (exact) mass is 414 g/mol. The first-order valence-corrected chi connectivity index (χ1v) is 10.4. The molecule has 2 amide bonds. The van der Waals surface area contributed by atoms with Crippen LogP contribution in [0.25, 0.3) is 0 Å². The fourth-order valence-corrected chi connectivity index (χ4v) is 3.67. The van der Waals surface area contributed by atoms with Crippen LogP contribution in [0.5, 0.6) is 5.75 Å². The molecular weight excluding hydrogens is 388 g/mol. The van der Waals surface area contributed by atoms with E-state index in [4.69, 9.17) is 4.74 Å². The second-order valence-corrected chi connectivity index (χ2v) is 8.06. The van der Waals surface area contributed by atoms with E-state index < -0.39 is 0 Å². The van der Waals surface area contributed by atoms with Crippen LogP contribution in [0.4, 0.5) is 5.69 Å². The summed E-state index contributed by atoms with van der Waals surface area (Å²) in [6.07, 6.45) is 0.573. The SMILES string of the molecule is Cc1ccc(CNC(=O)C2COc3ccc(NC(=O)c4cccc(C)c4)cc3C2)cc1. The minimum absolute atomic E-state index is 0.0274. The second-order valence-electron chi connectivity index (χ2n) is 8.06. The first kappa shape index (κ1) is 20.7. The molecule has 158 valence electrons. The number of rotatable bonds is 5. The van der Waals surface area contributed by atoms with Crippen molar-refractivity contribution in [2.75, 3.05) is 11.9 Å². The fourth-order valence-electron chi connectivity index (χ4n) is 3.67. The zero-order valence-corrected chi connectivity index (χ0v) is 17.8. The number of ether oxygens (including phenoxy) is 1. The Morgan fingerprint density at radius 2 is 1.77 bits per heavy atom. The Morgan fingerprint density at radius 3 is 2.55 bits per heavy atom. The summed E-state index contributed by atoms with van der Waals surface area (Å²) in [5.74, 6) is 0.310. The van der Waals surface area contributed by atoms with Crippen LogP contribution in [0.3, 0.4) is 0 Å². The van der Waals surface area contributed by atoms with E-state index in [1.807, 2.05) is 74.5 Å². The van der Waals surface area contributed by atoms with Gasteiger partial charge in [0.2, 0.25) is 5.91 Å². The number of anilines is 1. The predicted octanol–water partition coefficient (Wildman–Crippen LogP) is 4.42. The zero-order valence-electron chi connectivity index (χ0n) is 17.8. The van der Waals surface area contributed by atoms with E-state index in [0.29, 0.717) is 30.8 Å². The van der Waals surface area contributed by atoms with Gasteiger partial charge < -0.3 is 15.4 Å². The quantitative estimate of drug-likeness (QED) is 0.649. The van der Waals surface area contributed by atoms with Crippen molar-refractivity contribution in [1.82, 2.24) is 5.32 Å². The van der Waals surface area contributed by atoms with E-state index in [-0.39, 0.29) is 17.7 Å². The maximum absolute atomic E-state index is 12.7. The number of hydrogen-bond acceptors (Lipinski definition) is 3. The Hall–Kier alpha value is -3.60. The van der Waals surface area contributed by atoms with Crippen LogP contribution in [0.15, 0.2) is 66.7 Å². The van der Waals surface area contributed by atoms with Gasteiger partial charge in [0, 0.05) is 17.8 Å². The van der Waals surface area contributed by atoms with Crippen molar-refractivity contribution in [2.45, 2.75) is 26.8 Å². The highest BCUT2D eigenvalue weighted by molar-refractivity contribution is 6.04. The molecule has 0 saturated carbocycles. The average molecular weight is 415 g/mol. The van der Waals surface area contributed by atoms with E-state index >= 15 is 0 Å². The lowest BCUT2D eigenvalue weighted by atomic mass is 9.95. The standard InChI is InChI=1S/C26H26N2O3/c1-17-6-8-19(9-7-17)15-27-25(29)22-13-21-14-23(10-11-24(21)31-16-22)28-26(30)20-5-3-4-18(2)12-20/h3-12,14,22H,13,15-16H2,1-2H3,(H,27,29)(H,28,30). The highest BCUT2D eigenvalue weighted by Gasteiger charge is 2.26. The van der Waals surface area contributed by atoms with E-state index in [1.54, 1.807) is 6.07 Å². The summed E-state index contributed by atoms with van der Waals surface area (Å²) in [5.41, 5.74) is 5.52. The van der Waals surface area contributed by atoms with Crippen LogP contribution in [-0.2, 0) is 17.8 Å². The van der Waals surface area contributed by atoms with Gasteiger partial charge >= 0.3 is 0 Å². The zero-order chi connectivity index (χ0) is 21.8. The Morgan fingerprint density at radius 1 is 0.968 bits per heavy atom. The minimum atomic E-state index is -0.263. The van der Waals surface area contributed by atoms with Gasteiger partial charge in [-0.15, -0.1) is 0 Å². The van der Waals surface area contributed by atoms with Crippen molar-refractivity contribution in [2.24, 2.45) is 5.92 Å². The number of carbonyl (C=O) groups excluding carboxylic acids is 2. The highest BCUT2D eigenvalue weighted by atomic mass is 16.5. The summed E-state index contributed by atoms with van der Waals surface area (Å²) >= 11 is 0. The van der Waals surface area contributed by atoms with Crippen LogP contribution in [0, 0.1) is 19.8 Å². The molecule has 0 bridgehead atoms. The Balaban J connectivity index is 1.39. The van der Waals surface area contributed by atoms with Crippen molar-refractivity contribution < 1.29 is 14.3 Å². The Kier molecular flexibility index (Phi) is 6.03. The summed E-state index contributed by atoms with van der Waals surface area (Å²) in [7, 11) is 0. The molecule has 1 aliphatic heterocycles. The van der Waals surface area contributed by atoms with Crippen LogP contribution in [-0.4, -0.2) is 18.4 Å². The molecule has 3 aromatic carbocycles. The summed E-state index contributed by atoms with van der Waals surface area (Å²) in [6.45, 7) is 4.84. The molecule has 3 aromatic rings. The molecule has 2 N–H and O–H groups in total. The third-order valence-electron chi connectivity index (χ3n) is 5.46. The van der Waals surface area contributed by atoms with Crippen LogP contribution in [0.1, 0.15) is 32.6 Å². The molecule has 0 aliphatic carbocycles. The fraction of sp³-hybridized carbons (Fsp3) is 0.231. The highest BCUT2D eigenvalue weighted by Crippen LogP contribution is 2.30. The predicted molar refractivity (Wildman–Crippen MR) is 121 cm³/mol. The summed E-state index contributed by atoms with van der Waals surface area (Å²) in [4.78, 5) is 25.2. The summed E-state index contributed by atoms with van der Waals surface area (Å²) < 4.78 is 5.81. The molecule has 0 spiro atoms. The van der Waals surface area contributed by atoms with Crippen molar-refractivity contribution in [3.63, 3.8) is 0 Å². The molecule has 0 saturated heterocycles. The van der Waals surface area contributed by atoms with Crippen molar-refractivity contribution in [3.8, 4) is 5.75 Å². The number of benzene rings is 3. The number of hydrogen-bond donors (Lipinski definition) is 2. The smallest absolute Gasteiger partial charge is 0.255 e. The van der Waals surface area contributed by atoms with Gasteiger partial charge in [-0.3, -0.25) is 9.59 Å². The molecule has 0 fully saturated rings. The number of amides is 2. The van der Waals surface area contributed by atoms with Gasteiger partial charge in [0.15, 0.2) is 0 Å². The molecule has 1 heterocycles. The number of nitrogens with one attached hydrogen (secondary N) is 2. The molecule has 31 heavy (non-hydrogen) atoms. The van der Waals surface area contributed by atoms with E-state index in [9.17, 15) is 9.59 Å². The van der Waals surface area contributed by atoms with Crippen LogP contribution >= 0.6 is 0 Å². The van der Waals surface area contributed by atoms with Crippen molar-refractivity contribution >= 4 is 17.5 Å². The third kappa shape index (κ3) is 5.12. The van der Waals surface area contributed by atoms with Crippen molar-refractivity contribution in [1.29, 1.82) is 0 Å². The van der Waals surface area contributed by atoms with Gasteiger partial charge in [0.1, 0.15) is 12.4 Å². The Bertz CT molecular complexity index is 1110. The van der Waals surface area contributed by atoms with Gasteiger partial charge in [-0.25, -0.2) is 0 Å². The largest absolute Gasteiger partial charge is 0.492 e. The van der Waals surface area contributed by atoms with Gasteiger partial charge in [0.05, 0.1) is 5.92 Å². The lowest BCUT2D eigenvalue weighted by molar-refractivity contribution is -0.126. The molecule has 4 rings (SSSR count). The molecule has 5 heteroatoms. The Labute approximate surface area is 182 Å². The molecular formula is C26H26N2O3. The summed E-state index contributed by atoms with van der Waals surface area (Å²) in [5, 5.41) is 5.94. The number of fused-ring (bicyclic) bond motifs is 1. The average Bonchev–Trinajstić information content (AvgIpc) is 2.78. The topological polar surface area (TPSA) is 67.4 Å². The van der Waals surface area contributed by atoms with E-state index in [0.717, 1.165) is 22.4 Å². The number of carbonyl (C=O) groups is 2. The van der Waals surface area contributed by atoms with Crippen LogP contribution < -0.4 is 15.4 Å². The lowest BCUT2D eigenvalue weighted by Gasteiger charge is -2.25. The number of aryl methyl sites for hydroxylation is 2. The molecule has 1 atom stereocenters. The third-order valence-corrected chi connectivity index (χ3v) is 5.46. The molecule has 0 aromatic heterocycles. The van der Waals surface area contributed by atoms with Gasteiger partial charge in [-0.2, -0.15) is 0 Å². The van der Waals surface area contributed by atoms with Gasteiger partial charge in [-0.05, 0) is 61.7 Å². The minimum Gasteiger partial charge on any atom is -0.492 e. The second kappa shape index (κ2) is 9.04. The van der Waals surface area contributed by atoms with Crippen LogP contribution in [0.2, 0.25) is 0 Å². The molecule has 1 aliphatic rings. The first-order chi connectivity index (χ1) is 15.0. The first-order valence-electron chi connectivity index (χ1n) is 10.4. The maximum atomic E-state index is 12.7. The maximum Gasteiger partial charge on any atom is 0.255 e. The molecule has 0 radical (unpaired) electrons. The molecule has 5 nitrogen and oxygen atoms in total.